The Hall–Kier alpha value is -4.59. The standard InChI is InChI=1S/C30H38F5N5O9/c31-24-25(32)27(34)29(28(35)26(24)33)49-23(43)6-9-45-11-13-47-15-16-48-14-12-46-10-8-37-18-20(40-36)3-1-2-7-38-30(44)39-19-4-5-21(41)22(42)17-19/h4-5,17-18,41-42H,1-3,6-16,36H2,(H2,38,39,44)/b37-18?,40-20-. The molecule has 0 aromatic heterocycles. The summed E-state index contributed by atoms with van der Waals surface area (Å²) in [5.74, 6) is -9.44. The molecule has 0 saturated heterocycles. The average Bonchev–Trinajstić information content (AvgIpc) is 3.08. The summed E-state index contributed by atoms with van der Waals surface area (Å²) < 4.78 is 91.9. The van der Waals surface area contributed by atoms with E-state index in [0.29, 0.717) is 63.6 Å². The summed E-state index contributed by atoms with van der Waals surface area (Å²) in [6, 6.07) is 3.49. The zero-order valence-electron chi connectivity index (χ0n) is 26.3. The number of aliphatic imine (C=N–C) groups is 1. The lowest BCUT2D eigenvalue weighted by molar-refractivity contribution is -0.136. The first kappa shape index (κ1) is 40.6. The molecule has 0 saturated carbocycles. The molecule has 0 radical (unpaired) electrons. The van der Waals surface area contributed by atoms with Crippen molar-refractivity contribution >= 4 is 29.6 Å². The van der Waals surface area contributed by atoms with Gasteiger partial charge in [0.2, 0.25) is 34.8 Å². The van der Waals surface area contributed by atoms with Crippen LogP contribution in [0.4, 0.5) is 32.4 Å². The molecule has 0 unspecified atom stereocenters. The number of hydrogen-bond donors (Lipinski definition) is 5. The molecule has 0 fully saturated rings. The molecule has 0 aliphatic carbocycles. The van der Waals surface area contributed by atoms with Crippen LogP contribution in [0.1, 0.15) is 25.7 Å². The molecule has 0 aliphatic heterocycles. The Labute approximate surface area is 278 Å². The number of carbonyl (C=O) groups is 2. The molecule has 6 N–H and O–H groups in total. The fourth-order valence-electron chi connectivity index (χ4n) is 3.62. The fraction of sp³-hybridized carbons (Fsp3) is 0.467. The van der Waals surface area contributed by atoms with E-state index in [0.717, 1.165) is 0 Å². The van der Waals surface area contributed by atoms with Gasteiger partial charge >= 0.3 is 12.0 Å². The highest BCUT2D eigenvalue weighted by Gasteiger charge is 2.28. The molecule has 272 valence electrons. The predicted octanol–water partition coefficient (Wildman–Crippen LogP) is 3.53. The molecule has 0 bridgehead atoms. The average molecular weight is 708 g/mol. The smallest absolute Gasteiger partial charge is 0.319 e. The van der Waals surface area contributed by atoms with Gasteiger partial charge in [0.25, 0.3) is 0 Å². The minimum atomic E-state index is -2.36. The predicted molar refractivity (Wildman–Crippen MR) is 165 cm³/mol. The first-order valence-electron chi connectivity index (χ1n) is 14.9. The highest BCUT2D eigenvalue weighted by Crippen LogP contribution is 2.29. The third-order valence-corrected chi connectivity index (χ3v) is 6.10. The number of amides is 2. The summed E-state index contributed by atoms with van der Waals surface area (Å²) in [5, 5.41) is 27.7. The minimum Gasteiger partial charge on any atom is -0.504 e. The maximum Gasteiger partial charge on any atom is 0.319 e. The van der Waals surface area contributed by atoms with E-state index in [1.165, 1.54) is 18.2 Å². The van der Waals surface area contributed by atoms with Crippen LogP contribution in [0.25, 0.3) is 0 Å². The van der Waals surface area contributed by atoms with Crippen LogP contribution in [0.5, 0.6) is 17.2 Å². The number of aromatic hydroxyl groups is 2. The van der Waals surface area contributed by atoms with Gasteiger partial charge in [-0.25, -0.2) is 18.0 Å². The molecule has 19 heteroatoms. The van der Waals surface area contributed by atoms with Gasteiger partial charge in [0, 0.05) is 24.5 Å². The van der Waals surface area contributed by atoms with Gasteiger partial charge in [0.05, 0.1) is 71.5 Å². The number of carbonyl (C=O) groups excluding carboxylic acids is 2. The molecule has 0 aliphatic rings. The molecule has 2 aromatic rings. The van der Waals surface area contributed by atoms with Gasteiger partial charge in [-0.05, 0) is 31.4 Å². The Morgan fingerprint density at radius 3 is 1.92 bits per heavy atom. The molecule has 2 amide bonds. The second kappa shape index (κ2) is 22.9. The van der Waals surface area contributed by atoms with Gasteiger partial charge in [0.1, 0.15) is 0 Å². The molecular formula is C30H38F5N5O9. The number of ether oxygens (including phenoxy) is 5. The van der Waals surface area contributed by atoms with Gasteiger partial charge < -0.3 is 50.4 Å². The van der Waals surface area contributed by atoms with E-state index in [2.05, 4.69) is 25.5 Å². The fourth-order valence-corrected chi connectivity index (χ4v) is 3.62. The van der Waals surface area contributed by atoms with Crippen LogP contribution in [-0.4, -0.2) is 100 Å². The molecule has 0 atom stereocenters. The lowest BCUT2D eigenvalue weighted by Crippen LogP contribution is -2.29. The molecule has 14 nitrogen and oxygen atoms in total. The van der Waals surface area contributed by atoms with Crippen molar-refractivity contribution in [3.05, 3.63) is 47.3 Å². The summed E-state index contributed by atoms with van der Waals surface area (Å²) in [4.78, 5) is 27.8. The van der Waals surface area contributed by atoms with E-state index in [-0.39, 0.29) is 44.5 Å². The number of nitrogens with two attached hydrogens (primary N) is 1. The Bertz CT molecular complexity index is 1390. The van der Waals surface area contributed by atoms with Crippen molar-refractivity contribution in [2.45, 2.75) is 25.7 Å². The van der Waals surface area contributed by atoms with E-state index in [1.54, 1.807) is 6.21 Å². The lowest BCUT2D eigenvalue weighted by Gasteiger charge is -2.09. The van der Waals surface area contributed by atoms with E-state index >= 15 is 0 Å². The van der Waals surface area contributed by atoms with Crippen molar-refractivity contribution in [3.8, 4) is 17.2 Å². The second-order valence-corrected chi connectivity index (χ2v) is 9.77. The summed E-state index contributed by atoms with van der Waals surface area (Å²) in [5.41, 5.74) is 0.923. The summed E-state index contributed by atoms with van der Waals surface area (Å²) in [6.07, 6.45) is 2.97. The first-order chi connectivity index (χ1) is 23.5. The number of phenolic OH excluding ortho intramolecular Hbond substituents is 2. The van der Waals surface area contributed by atoms with Crippen LogP contribution in [0.3, 0.4) is 0 Å². The highest BCUT2D eigenvalue weighted by atomic mass is 19.2. The maximum absolute atomic E-state index is 13.5. The highest BCUT2D eigenvalue weighted by molar-refractivity contribution is 6.30. The normalized spacial score (nSPS) is 11.7. The number of urea groups is 1. The van der Waals surface area contributed by atoms with Gasteiger partial charge in [-0.15, -0.1) is 0 Å². The maximum atomic E-state index is 13.5. The molecule has 49 heavy (non-hydrogen) atoms. The van der Waals surface area contributed by atoms with Crippen LogP contribution in [-0.2, 0) is 23.7 Å². The minimum absolute atomic E-state index is 0.0578. The Morgan fingerprint density at radius 1 is 0.755 bits per heavy atom. The van der Waals surface area contributed by atoms with E-state index in [4.69, 9.17) is 24.8 Å². The van der Waals surface area contributed by atoms with Crippen molar-refractivity contribution in [1.29, 1.82) is 0 Å². The first-order valence-corrected chi connectivity index (χ1v) is 14.9. The van der Waals surface area contributed by atoms with E-state index in [9.17, 15) is 41.8 Å². The largest absolute Gasteiger partial charge is 0.504 e. The van der Waals surface area contributed by atoms with Crippen molar-refractivity contribution in [2.75, 3.05) is 71.3 Å². The summed E-state index contributed by atoms with van der Waals surface area (Å²) >= 11 is 0. The Balaban J connectivity index is 1.39. The SMILES string of the molecule is N/N=C(\C=NCCOCCOCCOCCOCCC(=O)Oc1c(F)c(F)c(F)c(F)c1F)CCCCNC(=O)Nc1ccc(O)c(O)c1. The van der Waals surface area contributed by atoms with Gasteiger partial charge in [-0.2, -0.15) is 13.9 Å². The van der Waals surface area contributed by atoms with Crippen molar-refractivity contribution in [3.63, 3.8) is 0 Å². The molecule has 0 spiro atoms. The zero-order valence-corrected chi connectivity index (χ0v) is 26.3. The van der Waals surface area contributed by atoms with Crippen LogP contribution < -0.4 is 21.2 Å². The Morgan fingerprint density at radius 2 is 1.33 bits per heavy atom. The monoisotopic (exact) mass is 707 g/mol. The van der Waals surface area contributed by atoms with Gasteiger partial charge in [0.15, 0.2) is 11.5 Å². The third kappa shape index (κ3) is 15.5. The Kier molecular flexibility index (Phi) is 19.0. The molecule has 0 heterocycles. The molecular weight excluding hydrogens is 669 g/mol. The number of hydrazone groups is 1. The van der Waals surface area contributed by atoms with Gasteiger partial charge in [-0.3, -0.25) is 9.79 Å². The zero-order chi connectivity index (χ0) is 36.0. The number of benzene rings is 2. The number of nitrogens with one attached hydrogen (secondary N) is 2. The van der Waals surface area contributed by atoms with Crippen LogP contribution >= 0.6 is 0 Å². The number of anilines is 1. The number of phenols is 2. The number of unbranched alkanes of at least 4 members (excludes halogenated alkanes) is 1. The van der Waals surface area contributed by atoms with E-state index in [1.807, 2.05) is 0 Å². The molecule has 2 rings (SSSR count). The van der Waals surface area contributed by atoms with Crippen molar-refractivity contribution in [1.82, 2.24) is 5.32 Å². The van der Waals surface area contributed by atoms with Crippen LogP contribution in [0.2, 0.25) is 0 Å². The second-order valence-electron chi connectivity index (χ2n) is 9.77. The lowest BCUT2D eigenvalue weighted by atomic mass is 10.2. The van der Waals surface area contributed by atoms with Crippen molar-refractivity contribution in [2.24, 2.45) is 15.9 Å². The van der Waals surface area contributed by atoms with E-state index < -0.39 is 53.3 Å². The topological polar surface area (TPSA) is 196 Å². The number of esters is 1. The number of hydrogen-bond acceptors (Lipinski definition) is 12. The van der Waals surface area contributed by atoms with Gasteiger partial charge in [-0.1, -0.05) is 0 Å². The summed E-state index contributed by atoms with van der Waals surface area (Å²) in [6.45, 7) is 2.23. The summed E-state index contributed by atoms with van der Waals surface area (Å²) in [7, 11) is 0. The third-order valence-electron chi connectivity index (χ3n) is 6.10. The van der Waals surface area contributed by atoms with Crippen molar-refractivity contribution < 1.29 is 65.4 Å². The quantitative estimate of drug-likeness (QED) is 0.00975. The number of rotatable bonds is 23. The number of nitrogens with zero attached hydrogens (tertiary/aromatic N) is 2. The van der Waals surface area contributed by atoms with Crippen LogP contribution in [0.15, 0.2) is 28.3 Å². The van der Waals surface area contributed by atoms with Crippen LogP contribution in [0, 0.1) is 29.1 Å². The number of halogens is 5. The molecule has 2 aromatic carbocycles.